The van der Waals surface area contributed by atoms with Gasteiger partial charge in [0.05, 0.1) is 45.8 Å². The molecule has 32 heavy (non-hydrogen) atoms. The highest BCUT2D eigenvalue weighted by Gasteiger charge is 2.20. The summed E-state index contributed by atoms with van der Waals surface area (Å²) in [5.41, 5.74) is 1.50. The lowest BCUT2D eigenvalue weighted by molar-refractivity contribution is 0.154. The van der Waals surface area contributed by atoms with E-state index in [4.69, 9.17) is 0 Å². The van der Waals surface area contributed by atoms with Crippen LogP contribution in [0.5, 0.6) is 5.88 Å². The average molecular weight is 437 g/mol. The molecule has 4 aromatic rings. The maximum atomic E-state index is 14.4. The van der Waals surface area contributed by atoms with Gasteiger partial charge in [0.25, 0.3) is 0 Å². The number of aliphatic hydroxyl groups excluding tert-OH is 1. The maximum absolute atomic E-state index is 14.4. The first-order chi connectivity index (χ1) is 15.5. The van der Waals surface area contributed by atoms with Crippen LogP contribution in [0, 0.1) is 11.6 Å². The summed E-state index contributed by atoms with van der Waals surface area (Å²) >= 11 is 0. The number of fused-ring (bicyclic) bond motifs is 1. The third-order valence-electron chi connectivity index (χ3n) is 5.62. The van der Waals surface area contributed by atoms with E-state index in [1.807, 2.05) is 6.07 Å². The summed E-state index contributed by atoms with van der Waals surface area (Å²) in [4.78, 5) is 13.5. The molecule has 0 bridgehead atoms. The van der Waals surface area contributed by atoms with Crippen molar-refractivity contribution in [3.8, 4) is 17.1 Å². The van der Waals surface area contributed by atoms with Crippen molar-refractivity contribution in [3.63, 3.8) is 0 Å². The number of piperidine rings is 1. The van der Waals surface area contributed by atoms with Gasteiger partial charge in [-0.2, -0.15) is 0 Å². The number of aromatic hydroxyl groups is 1. The number of halogens is 2. The minimum absolute atomic E-state index is 0.0912. The Hall–Kier alpha value is -3.72. The number of nitrogens with zero attached hydrogens (tertiary/aromatic N) is 3. The molecule has 5 rings (SSSR count). The number of β-amino-alcohol motifs (C(OH)–C–C–N with tert-alkyl or cyclic N) is 1. The fourth-order valence-corrected chi connectivity index (χ4v) is 4.07. The zero-order valence-corrected chi connectivity index (χ0v) is 17.0. The van der Waals surface area contributed by atoms with E-state index in [0.717, 1.165) is 25.1 Å². The number of H-pyrrole nitrogens is 1. The van der Waals surface area contributed by atoms with Crippen LogP contribution in [0.1, 0.15) is 12.8 Å². The third kappa shape index (κ3) is 3.71. The molecule has 1 aliphatic rings. The lowest BCUT2D eigenvalue weighted by Crippen LogP contribution is -2.38. The normalized spacial score (nSPS) is 16.5. The molecule has 164 valence electrons. The molecule has 1 aromatic carbocycles. The molecule has 1 atom stereocenters. The quantitative estimate of drug-likeness (QED) is 0.380. The van der Waals surface area contributed by atoms with E-state index >= 15 is 0 Å². The summed E-state index contributed by atoms with van der Waals surface area (Å²) < 4.78 is 28.7. The summed E-state index contributed by atoms with van der Waals surface area (Å²) in [5.74, 6) is -1.09. The molecule has 1 aliphatic heterocycles. The van der Waals surface area contributed by atoms with Gasteiger partial charge in [-0.1, -0.05) is 6.07 Å². The molecule has 0 saturated carbocycles. The SMILES string of the molecule is Oc1[nH]cc2nc(-c3c(F)cccc3F)cc(Nc3ccc(N4CCCC(O)C4)cn3)c12. The van der Waals surface area contributed by atoms with Gasteiger partial charge in [0, 0.05) is 19.3 Å². The number of hydrogen-bond acceptors (Lipinski definition) is 6. The van der Waals surface area contributed by atoms with Gasteiger partial charge in [0.2, 0.25) is 0 Å². The van der Waals surface area contributed by atoms with Crippen LogP contribution >= 0.6 is 0 Å². The van der Waals surface area contributed by atoms with E-state index in [2.05, 4.69) is 25.2 Å². The highest BCUT2D eigenvalue weighted by molar-refractivity contribution is 5.99. The minimum atomic E-state index is -0.728. The zero-order chi connectivity index (χ0) is 22.2. The van der Waals surface area contributed by atoms with E-state index in [1.54, 1.807) is 12.3 Å². The minimum Gasteiger partial charge on any atom is -0.494 e. The van der Waals surface area contributed by atoms with E-state index in [1.165, 1.54) is 30.5 Å². The van der Waals surface area contributed by atoms with Crippen LogP contribution in [0.4, 0.5) is 26.0 Å². The molecule has 4 N–H and O–H groups in total. The average Bonchev–Trinajstić information content (AvgIpc) is 3.15. The van der Waals surface area contributed by atoms with Gasteiger partial charge in [-0.05, 0) is 43.2 Å². The van der Waals surface area contributed by atoms with Crippen LogP contribution in [0.2, 0.25) is 0 Å². The maximum Gasteiger partial charge on any atom is 0.200 e. The molecule has 0 aliphatic carbocycles. The Morgan fingerprint density at radius 2 is 1.97 bits per heavy atom. The molecule has 0 radical (unpaired) electrons. The van der Waals surface area contributed by atoms with Crippen LogP contribution in [-0.4, -0.2) is 44.4 Å². The molecular formula is C23H21F2N5O2. The van der Waals surface area contributed by atoms with Gasteiger partial charge >= 0.3 is 0 Å². The molecule has 9 heteroatoms. The number of rotatable bonds is 4. The van der Waals surface area contributed by atoms with E-state index in [9.17, 15) is 19.0 Å². The number of hydrogen-bond donors (Lipinski definition) is 4. The Balaban J connectivity index is 1.50. The first kappa shape index (κ1) is 20.2. The highest BCUT2D eigenvalue weighted by Crippen LogP contribution is 2.36. The molecule has 1 unspecified atom stereocenters. The van der Waals surface area contributed by atoms with Crippen molar-refractivity contribution < 1.29 is 19.0 Å². The van der Waals surface area contributed by atoms with Crippen molar-refractivity contribution in [2.75, 3.05) is 23.3 Å². The van der Waals surface area contributed by atoms with Crippen molar-refractivity contribution in [3.05, 3.63) is 60.4 Å². The molecular weight excluding hydrogens is 416 g/mol. The fourth-order valence-electron chi connectivity index (χ4n) is 4.07. The van der Waals surface area contributed by atoms with Crippen molar-refractivity contribution in [1.82, 2.24) is 15.0 Å². The van der Waals surface area contributed by atoms with Crippen LogP contribution < -0.4 is 10.2 Å². The Morgan fingerprint density at radius 3 is 2.69 bits per heavy atom. The summed E-state index contributed by atoms with van der Waals surface area (Å²) in [6.07, 6.45) is 4.54. The second-order valence-electron chi connectivity index (χ2n) is 7.82. The van der Waals surface area contributed by atoms with E-state index in [0.29, 0.717) is 29.0 Å². The molecule has 7 nitrogen and oxygen atoms in total. The first-order valence-corrected chi connectivity index (χ1v) is 10.3. The summed E-state index contributed by atoms with van der Waals surface area (Å²) in [7, 11) is 0. The standard InChI is InChI=1S/C23H21F2N5O2/c24-15-4-1-5-16(25)21(15)17-9-18(22-19(28-17)11-27-23(22)32)29-20-7-6-13(10-26-20)30-8-2-3-14(31)12-30/h1,4-7,9-11,14,27,31-32H,2-3,8,12H2,(H,26,29). The molecule has 3 aromatic heterocycles. The van der Waals surface area contributed by atoms with Crippen LogP contribution in [0.3, 0.4) is 0 Å². The van der Waals surface area contributed by atoms with Gasteiger partial charge in [-0.3, -0.25) is 0 Å². The Kier molecular flexibility index (Phi) is 5.10. The first-order valence-electron chi connectivity index (χ1n) is 10.3. The Morgan fingerprint density at radius 1 is 1.16 bits per heavy atom. The largest absolute Gasteiger partial charge is 0.494 e. The number of nitrogens with one attached hydrogen (secondary N) is 2. The number of benzene rings is 1. The van der Waals surface area contributed by atoms with E-state index < -0.39 is 11.6 Å². The summed E-state index contributed by atoms with van der Waals surface area (Å²) in [6, 6.07) is 8.78. The van der Waals surface area contributed by atoms with Gasteiger partial charge in [-0.15, -0.1) is 0 Å². The monoisotopic (exact) mass is 437 g/mol. The molecule has 0 spiro atoms. The molecule has 0 amide bonds. The summed E-state index contributed by atoms with van der Waals surface area (Å²) in [6.45, 7) is 1.42. The second kappa shape index (κ2) is 8.08. The van der Waals surface area contributed by atoms with Crippen molar-refractivity contribution >= 4 is 28.1 Å². The lowest BCUT2D eigenvalue weighted by Gasteiger charge is -2.31. The Bertz CT molecular complexity index is 1260. The predicted octanol–water partition coefficient (Wildman–Crippen LogP) is 4.31. The van der Waals surface area contributed by atoms with Crippen LogP contribution in [0.15, 0.2) is 48.8 Å². The highest BCUT2D eigenvalue weighted by atomic mass is 19.1. The second-order valence-corrected chi connectivity index (χ2v) is 7.82. The molecule has 1 fully saturated rings. The smallest absolute Gasteiger partial charge is 0.200 e. The zero-order valence-electron chi connectivity index (χ0n) is 17.0. The van der Waals surface area contributed by atoms with Crippen LogP contribution in [0.25, 0.3) is 22.2 Å². The van der Waals surface area contributed by atoms with Gasteiger partial charge in [0.1, 0.15) is 17.5 Å². The van der Waals surface area contributed by atoms with Crippen molar-refractivity contribution in [2.24, 2.45) is 0 Å². The Labute approximate surface area is 182 Å². The number of aromatic amines is 1. The molecule has 1 saturated heterocycles. The number of pyridine rings is 2. The van der Waals surface area contributed by atoms with Crippen molar-refractivity contribution in [2.45, 2.75) is 18.9 Å². The number of anilines is 3. The van der Waals surface area contributed by atoms with Gasteiger partial charge in [-0.25, -0.2) is 18.7 Å². The van der Waals surface area contributed by atoms with E-state index in [-0.39, 0.29) is 23.2 Å². The predicted molar refractivity (Wildman–Crippen MR) is 118 cm³/mol. The number of aromatic nitrogens is 3. The van der Waals surface area contributed by atoms with Crippen LogP contribution in [-0.2, 0) is 0 Å². The topological polar surface area (TPSA) is 97.3 Å². The van der Waals surface area contributed by atoms with Gasteiger partial charge in [0.15, 0.2) is 5.88 Å². The third-order valence-corrected chi connectivity index (χ3v) is 5.62. The molecule has 4 heterocycles. The number of aliphatic hydroxyl groups is 1. The fraction of sp³-hybridized carbons (Fsp3) is 0.217. The van der Waals surface area contributed by atoms with Gasteiger partial charge < -0.3 is 25.4 Å². The summed E-state index contributed by atoms with van der Waals surface area (Å²) in [5, 5.41) is 23.6. The lowest BCUT2D eigenvalue weighted by atomic mass is 10.1. The van der Waals surface area contributed by atoms with Crippen molar-refractivity contribution in [1.29, 1.82) is 0 Å².